The van der Waals surface area contributed by atoms with Gasteiger partial charge in [-0.25, -0.2) is 0 Å². The van der Waals surface area contributed by atoms with Gasteiger partial charge in [0.05, 0.1) is 26.4 Å². The molecule has 0 unspecified atom stereocenters. The second-order valence-corrected chi connectivity index (χ2v) is 6.73. The molecule has 0 aliphatic carbocycles. The highest BCUT2D eigenvalue weighted by atomic mass is 16.5. The van der Waals surface area contributed by atoms with Gasteiger partial charge >= 0.3 is 0 Å². The molecule has 0 aromatic carbocycles. The zero-order valence-electron chi connectivity index (χ0n) is 13.1. The van der Waals surface area contributed by atoms with Crippen molar-refractivity contribution in [3.8, 4) is 0 Å². The van der Waals surface area contributed by atoms with Crippen molar-refractivity contribution < 1.29 is 9.47 Å². The van der Waals surface area contributed by atoms with Crippen LogP contribution in [0.1, 0.15) is 5.56 Å². The third-order valence-electron chi connectivity index (χ3n) is 5.35. The van der Waals surface area contributed by atoms with Crippen LogP contribution in [-0.4, -0.2) is 73.4 Å². The lowest BCUT2D eigenvalue weighted by atomic mass is 9.86. The number of rotatable bonds is 3. The molecule has 5 nitrogen and oxygen atoms in total. The van der Waals surface area contributed by atoms with E-state index in [0.29, 0.717) is 12.0 Å². The van der Waals surface area contributed by atoms with Gasteiger partial charge in [-0.3, -0.25) is 14.8 Å². The number of hydrogen-bond acceptors (Lipinski definition) is 5. The fourth-order valence-corrected chi connectivity index (χ4v) is 4.23. The van der Waals surface area contributed by atoms with E-state index in [9.17, 15) is 0 Å². The van der Waals surface area contributed by atoms with Gasteiger partial charge in [0.2, 0.25) is 0 Å². The number of nitrogens with zero attached hydrogens (tertiary/aromatic N) is 3. The highest BCUT2D eigenvalue weighted by Crippen LogP contribution is 2.33. The van der Waals surface area contributed by atoms with Crippen LogP contribution < -0.4 is 0 Å². The van der Waals surface area contributed by atoms with Gasteiger partial charge < -0.3 is 9.47 Å². The Morgan fingerprint density at radius 1 is 1.05 bits per heavy atom. The molecule has 3 atom stereocenters. The van der Waals surface area contributed by atoms with Crippen molar-refractivity contribution in [2.24, 2.45) is 11.8 Å². The summed E-state index contributed by atoms with van der Waals surface area (Å²) in [6.45, 7) is 9.06. The van der Waals surface area contributed by atoms with Gasteiger partial charge in [0.25, 0.3) is 0 Å². The number of morpholine rings is 1. The maximum absolute atomic E-state index is 5.93. The first-order valence-electron chi connectivity index (χ1n) is 8.41. The molecule has 0 radical (unpaired) electrons. The van der Waals surface area contributed by atoms with Crippen molar-refractivity contribution in [2.75, 3.05) is 52.6 Å². The molecule has 3 saturated heterocycles. The van der Waals surface area contributed by atoms with Crippen molar-refractivity contribution in [1.29, 1.82) is 0 Å². The Kier molecular flexibility index (Phi) is 4.39. The smallest absolute Gasteiger partial charge is 0.0625 e. The summed E-state index contributed by atoms with van der Waals surface area (Å²) in [6, 6.07) is 4.82. The van der Waals surface area contributed by atoms with E-state index in [0.717, 1.165) is 58.5 Å². The number of pyridine rings is 1. The molecular formula is C17H25N3O2. The van der Waals surface area contributed by atoms with Gasteiger partial charge in [-0.15, -0.1) is 0 Å². The van der Waals surface area contributed by atoms with Crippen LogP contribution in [0.4, 0.5) is 0 Å². The summed E-state index contributed by atoms with van der Waals surface area (Å²) in [6.07, 6.45) is 3.77. The first kappa shape index (κ1) is 14.6. The maximum atomic E-state index is 5.93. The second-order valence-electron chi connectivity index (χ2n) is 6.73. The lowest BCUT2D eigenvalue weighted by molar-refractivity contribution is -0.0683. The lowest BCUT2D eigenvalue weighted by Crippen LogP contribution is -2.53. The molecule has 22 heavy (non-hydrogen) atoms. The van der Waals surface area contributed by atoms with Crippen LogP contribution >= 0.6 is 0 Å². The van der Waals surface area contributed by atoms with Crippen LogP contribution in [0.3, 0.4) is 0 Å². The molecule has 0 spiro atoms. The minimum atomic E-state index is 0.574. The molecule has 3 aliphatic heterocycles. The van der Waals surface area contributed by atoms with Gasteiger partial charge in [0, 0.05) is 57.1 Å². The fraction of sp³-hybridized carbons (Fsp3) is 0.706. The zero-order chi connectivity index (χ0) is 14.8. The van der Waals surface area contributed by atoms with Crippen molar-refractivity contribution in [3.63, 3.8) is 0 Å². The third-order valence-corrected chi connectivity index (χ3v) is 5.35. The highest BCUT2D eigenvalue weighted by Gasteiger charge is 2.43. The van der Waals surface area contributed by atoms with Gasteiger partial charge in [0.15, 0.2) is 0 Å². The van der Waals surface area contributed by atoms with E-state index < -0.39 is 0 Å². The molecule has 0 N–H and O–H groups in total. The van der Waals surface area contributed by atoms with E-state index >= 15 is 0 Å². The SMILES string of the molecule is c1cc(CN2C[C@H]3COC[C@H](N4CCOCC4)[C@H]3C2)ccn1. The largest absolute Gasteiger partial charge is 0.379 e. The summed E-state index contributed by atoms with van der Waals surface area (Å²) in [5, 5.41) is 0. The van der Waals surface area contributed by atoms with E-state index in [1.165, 1.54) is 12.1 Å². The fourth-order valence-electron chi connectivity index (χ4n) is 4.23. The van der Waals surface area contributed by atoms with Crippen molar-refractivity contribution in [1.82, 2.24) is 14.8 Å². The van der Waals surface area contributed by atoms with Crippen LogP contribution in [0.2, 0.25) is 0 Å². The van der Waals surface area contributed by atoms with E-state index in [1.807, 2.05) is 12.4 Å². The first-order valence-corrected chi connectivity index (χ1v) is 8.41. The van der Waals surface area contributed by atoms with E-state index in [1.54, 1.807) is 0 Å². The molecule has 4 rings (SSSR count). The Bertz CT molecular complexity index is 478. The van der Waals surface area contributed by atoms with E-state index in [2.05, 4.69) is 26.9 Å². The van der Waals surface area contributed by atoms with E-state index in [4.69, 9.17) is 9.47 Å². The molecule has 4 heterocycles. The minimum absolute atomic E-state index is 0.574. The average Bonchev–Trinajstić information content (AvgIpc) is 2.99. The number of likely N-dealkylation sites (tertiary alicyclic amines) is 1. The average molecular weight is 303 g/mol. The quantitative estimate of drug-likeness (QED) is 0.828. The number of aromatic nitrogens is 1. The zero-order valence-corrected chi connectivity index (χ0v) is 13.1. The molecule has 0 amide bonds. The van der Waals surface area contributed by atoms with Crippen molar-refractivity contribution in [2.45, 2.75) is 12.6 Å². The Labute approximate surface area is 132 Å². The number of ether oxygens (including phenoxy) is 2. The van der Waals surface area contributed by atoms with E-state index in [-0.39, 0.29) is 0 Å². The number of hydrogen-bond donors (Lipinski definition) is 0. The van der Waals surface area contributed by atoms with Crippen LogP contribution in [0.15, 0.2) is 24.5 Å². The van der Waals surface area contributed by atoms with Gasteiger partial charge in [0.1, 0.15) is 0 Å². The monoisotopic (exact) mass is 303 g/mol. The first-order chi connectivity index (χ1) is 10.9. The van der Waals surface area contributed by atoms with Crippen molar-refractivity contribution in [3.05, 3.63) is 30.1 Å². The molecule has 0 bridgehead atoms. The van der Waals surface area contributed by atoms with Gasteiger partial charge in [-0.2, -0.15) is 0 Å². The van der Waals surface area contributed by atoms with Gasteiger partial charge in [-0.05, 0) is 23.6 Å². The molecule has 0 saturated carbocycles. The van der Waals surface area contributed by atoms with Crippen LogP contribution in [0.25, 0.3) is 0 Å². The molecule has 5 heteroatoms. The molecule has 120 valence electrons. The molecule has 1 aromatic rings. The summed E-state index contributed by atoms with van der Waals surface area (Å²) in [5.41, 5.74) is 1.36. The summed E-state index contributed by atoms with van der Waals surface area (Å²) in [5.74, 6) is 1.43. The Morgan fingerprint density at radius 3 is 2.68 bits per heavy atom. The normalized spacial score (nSPS) is 33.7. The predicted octanol–water partition coefficient (Wildman–Crippen LogP) is 0.861. The summed E-state index contributed by atoms with van der Waals surface area (Å²) < 4.78 is 11.4. The molecule has 1 aromatic heterocycles. The Balaban J connectivity index is 1.41. The second kappa shape index (κ2) is 6.62. The summed E-state index contributed by atoms with van der Waals surface area (Å²) in [7, 11) is 0. The third kappa shape index (κ3) is 3.04. The lowest BCUT2D eigenvalue weighted by Gasteiger charge is -2.42. The predicted molar refractivity (Wildman–Crippen MR) is 83.5 cm³/mol. The van der Waals surface area contributed by atoms with Crippen molar-refractivity contribution >= 4 is 0 Å². The van der Waals surface area contributed by atoms with Crippen LogP contribution in [-0.2, 0) is 16.0 Å². The minimum Gasteiger partial charge on any atom is -0.379 e. The maximum Gasteiger partial charge on any atom is 0.0625 e. The Morgan fingerprint density at radius 2 is 1.86 bits per heavy atom. The molecule has 3 aliphatic rings. The Hall–Kier alpha value is -1.01. The highest BCUT2D eigenvalue weighted by molar-refractivity contribution is 5.10. The van der Waals surface area contributed by atoms with Crippen LogP contribution in [0.5, 0.6) is 0 Å². The standard InChI is InChI=1S/C17H25N3O2/c1-3-18-4-2-14(1)9-19-10-15-12-22-13-17(16(15)11-19)20-5-7-21-8-6-20/h1-4,15-17H,5-13H2/t15-,16-,17-/m0/s1. The topological polar surface area (TPSA) is 37.8 Å². The van der Waals surface area contributed by atoms with Crippen LogP contribution in [0, 0.1) is 11.8 Å². The molecule has 3 fully saturated rings. The molecular weight excluding hydrogens is 278 g/mol. The summed E-state index contributed by atoms with van der Waals surface area (Å²) >= 11 is 0. The number of fused-ring (bicyclic) bond motifs is 1. The van der Waals surface area contributed by atoms with Gasteiger partial charge in [-0.1, -0.05) is 0 Å². The summed E-state index contributed by atoms with van der Waals surface area (Å²) in [4.78, 5) is 9.29.